The second-order valence-corrected chi connectivity index (χ2v) is 7.69. The number of aromatic amines is 2. The van der Waals surface area contributed by atoms with Crippen molar-refractivity contribution in [3.05, 3.63) is 51.6 Å². The fourth-order valence-electron chi connectivity index (χ4n) is 2.87. The Morgan fingerprint density at radius 1 is 1.23 bits per heavy atom. The second kappa shape index (κ2) is 6.93. The number of nitrogens with one attached hydrogen (secondary N) is 3. The van der Waals surface area contributed by atoms with Gasteiger partial charge in [-0.2, -0.15) is 5.10 Å². The van der Waals surface area contributed by atoms with Gasteiger partial charge in [0.15, 0.2) is 0 Å². The fourth-order valence-corrected chi connectivity index (χ4v) is 4.27. The van der Waals surface area contributed by atoms with E-state index in [9.17, 15) is 13.2 Å². The van der Waals surface area contributed by atoms with Gasteiger partial charge in [-0.3, -0.25) is 9.89 Å². The zero-order valence-electron chi connectivity index (χ0n) is 14.7. The van der Waals surface area contributed by atoms with Crippen LogP contribution in [0, 0.1) is 13.8 Å². The molecule has 0 saturated carbocycles. The lowest BCUT2D eigenvalue weighted by Gasteiger charge is -2.08. The van der Waals surface area contributed by atoms with Crippen molar-refractivity contribution in [2.45, 2.75) is 25.2 Å². The predicted octanol–water partition coefficient (Wildman–Crippen LogP) is 1.40. The molecule has 138 valence electrons. The van der Waals surface area contributed by atoms with E-state index in [4.69, 9.17) is 4.74 Å². The maximum Gasteiger partial charge on any atom is 0.251 e. The van der Waals surface area contributed by atoms with Crippen LogP contribution in [-0.2, 0) is 16.4 Å². The third-order valence-electron chi connectivity index (χ3n) is 4.14. The van der Waals surface area contributed by atoms with Gasteiger partial charge in [0.1, 0.15) is 10.6 Å². The normalized spacial score (nSPS) is 11.8. The number of sulfonamides is 1. The zero-order valence-corrected chi connectivity index (χ0v) is 15.5. The molecule has 0 bridgehead atoms. The number of aromatic nitrogens is 3. The molecule has 0 aliphatic heterocycles. The first kappa shape index (κ1) is 18.2. The van der Waals surface area contributed by atoms with Crippen molar-refractivity contribution >= 4 is 20.9 Å². The van der Waals surface area contributed by atoms with Crippen molar-refractivity contribution in [3.8, 4) is 5.75 Å². The van der Waals surface area contributed by atoms with Crippen LogP contribution in [0.4, 0.5) is 0 Å². The van der Waals surface area contributed by atoms with E-state index in [1.54, 1.807) is 39.2 Å². The minimum absolute atomic E-state index is 0.102. The van der Waals surface area contributed by atoms with Gasteiger partial charge in [-0.25, -0.2) is 13.1 Å². The van der Waals surface area contributed by atoms with Gasteiger partial charge in [0.05, 0.1) is 18.5 Å². The molecule has 3 rings (SSSR count). The Kier molecular flexibility index (Phi) is 4.84. The summed E-state index contributed by atoms with van der Waals surface area (Å²) in [5.74, 6) is 0.683. The van der Waals surface area contributed by atoms with E-state index < -0.39 is 10.0 Å². The van der Waals surface area contributed by atoms with Crippen molar-refractivity contribution in [2.24, 2.45) is 0 Å². The molecule has 1 aromatic carbocycles. The van der Waals surface area contributed by atoms with E-state index in [1.165, 1.54) is 0 Å². The predicted molar refractivity (Wildman–Crippen MR) is 98.1 cm³/mol. The van der Waals surface area contributed by atoms with Crippen molar-refractivity contribution in [1.29, 1.82) is 0 Å². The molecule has 3 N–H and O–H groups in total. The van der Waals surface area contributed by atoms with Crippen molar-refractivity contribution < 1.29 is 13.2 Å². The summed E-state index contributed by atoms with van der Waals surface area (Å²) in [4.78, 5) is 15.1. The van der Waals surface area contributed by atoms with E-state index in [0.29, 0.717) is 28.2 Å². The fraction of sp³-hybridized carbons (Fsp3) is 0.294. The number of aryl methyl sites for hydroxylation is 2. The molecule has 0 aliphatic rings. The molecular weight excluding hydrogens is 356 g/mol. The lowest BCUT2D eigenvalue weighted by Crippen LogP contribution is -2.28. The highest BCUT2D eigenvalue weighted by Gasteiger charge is 2.21. The minimum Gasteiger partial charge on any atom is -0.497 e. The van der Waals surface area contributed by atoms with Gasteiger partial charge in [-0.1, -0.05) is 0 Å². The van der Waals surface area contributed by atoms with Crippen LogP contribution in [0.15, 0.2) is 34.0 Å². The summed E-state index contributed by atoms with van der Waals surface area (Å²) in [6, 6.07) is 7.10. The summed E-state index contributed by atoms with van der Waals surface area (Å²) in [7, 11) is -2.12. The molecule has 0 fully saturated rings. The highest BCUT2D eigenvalue weighted by Crippen LogP contribution is 2.19. The number of ether oxygens (including phenoxy) is 1. The molecule has 0 unspecified atom stereocenters. The Bertz CT molecular complexity index is 1100. The van der Waals surface area contributed by atoms with Gasteiger partial charge in [-0.15, -0.1) is 0 Å². The highest BCUT2D eigenvalue weighted by atomic mass is 32.2. The average Bonchev–Trinajstić information content (AvgIpc) is 2.94. The molecule has 0 atom stereocenters. The summed E-state index contributed by atoms with van der Waals surface area (Å²) in [6.07, 6.45) is 0.262. The molecular formula is C17H20N4O4S. The molecule has 2 aromatic heterocycles. The second-order valence-electron chi connectivity index (χ2n) is 5.99. The Labute approximate surface area is 150 Å². The quantitative estimate of drug-likeness (QED) is 0.601. The van der Waals surface area contributed by atoms with Gasteiger partial charge in [0.2, 0.25) is 10.0 Å². The number of pyridine rings is 1. The molecule has 0 radical (unpaired) electrons. The van der Waals surface area contributed by atoms with Gasteiger partial charge in [0, 0.05) is 23.0 Å². The Hall–Kier alpha value is -2.65. The number of hydrogen-bond acceptors (Lipinski definition) is 5. The highest BCUT2D eigenvalue weighted by molar-refractivity contribution is 7.89. The molecule has 3 aromatic rings. The van der Waals surface area contributed by atoms with E-state index in [0.717, 1.165) is 5.39 Å². The number of H-pyrrole nitrogens is 2. The van der Waals surface area contributed by atoms with Gasteiger partial charge >= 0.3 is 0 Å². The van der Waals surface area contributed by atoms with Gasteiger partial charge in [-0.05, 0) is 44.5 Å². The molecule has 8 nitrogen and oxygen atoms in total. The summed E-state index contributed by atoms with van der Waals surface area (Å²) < 4.78 is 32.6. The van der Waals surface area contributed by atoms with Crippen LogP contribution in [0.1, 0.15) is 17.0 Å². The first-order valence-corrected chi connectivity index (χ1v) is 9.51. The number of methoxy groups -OCH3 is 1. The topological polar surface area (TPSA) is 117 Å². The molecule has 26 heavy (non-hydrogen) atoms. The Morgan fingerprint density at radius 2 is 2.00 bits per heavy atom. The monoisotopic (exact) mass is 376 g/mol. The average molecular weight is 376 g/mol. The SMILES string of the molecule is COc1ccc2[nH]c(=O)c(CCNS(=O)(=O)c3c(C)n[nH]c3C)cc2c1. The molecule has 0 spiro atoms. The number of nitrogens with zero attached hydrogens (tertiary/aromatic N) is 1. The van der Waals surface area contributed by atoms with E-state index >= 15 is 0 Å². The number of benzene rings is 1. The molecule has 2 heterocycles. The van der Waals surface area contributed by atoms with Gasteiger partial charge in [0.25, 0.3) is 5.56 Å². The van der Waals surface area contributed by atoms with E-state index in [1.807, 2.05) is 6.07 Å². The Morgan fingerprint density at radius 3 is 2.65 bits per heavy atom. The van der Waals surface area contributed by atoms with Crippen molar-refractivity contribution in [1.82, 2.24) is 19.9 Å². The van der Waals surface area contributed by atoms with Crippen LogP contribution in [0.5, 0.6) is 5.75 Å². The van der Waals surface area contributed by atoms with Crippen molar-refractivity contribution in [3.63, 3.8) is 0 Å². The molecule has 0 amide bonds. The molecule has 9 heteroatoms. The van der Waals surface area contributed by atoms with Crippen LogP contribution in [0.3, 0.4) is 0 Å². The number of rotatable bonds is 6. The van der Waals surface area contributed by atoms with Crippen LogP contribution < -0.4 is 15.0 Å². The molecule has 0 saturated heterocycles. The maximum absolute atomic E-state index is 12.4. The smallest absolute Gasteiger partial charge is 0.251 e. The standard InChI is InChI=1S/C17H20N4O4S/c1-10-16(11(2)21-20-10)26(23,24)18-7-6-12-8-13-9-14(25-3)4-5-15(13)19-17(12)22/h4-5,8-9,18H,6-7H2,1-3H3,(H,19,22)(H,20,21). The van der Waals surface area contributed by atoms with Crippen LogP contribution in [0.2, 0.25) is 0 Å². The molecule has 0 aliphatic carbocycles. The van der Waals surface area contributed by atoms with Crippen LogP contribution in [-0.4, -0.2) is 37.3 Å². The minimum atomic E-state index is -3.69. The van der Waals surface area contributed by atoms with Gasteiger partial charge < -0.3 is 9.72 Å². The summed E-state index contributed by atoms with van der Waals surface area (Å²) in [5.41, 5.74) is 1.84. The first-order valence-electron chi connectivity index (χ1n) is 8.03. The summed E-state index contributed by atoms with van der Waals surface area (Å²) in [6.45, 7) is 3.38. The third-order valence-corrected chi connectivity index (χ3v) is 5.87. The third kappa shape index (κ3) is 3.49. The van der Waals surface area contributed by atoms with Crippen molar-refractivity contribution in [2.75, 3.05) is 13.7 Å². The lowest BCUT2D eigenvalue weighted by atomic mass is 10.1. The summed E-state index contributed by atoms with van der Waals surface area (Å²) in [5, 5.41) is 7.38. The maximum atomic E-state index is 12.4. The number of hydrogen-bond donors (Lipinski definition) is 3. The summed E-state index contributed by atoms with van der Waals surface area (Å²) >= 11 is 0. The lowest BCUT2D eigenvalue weighted by molar-refractivity contribution is 0.415. The zero-order chi connectivity index (χ0) is 18.9. The first-order chi connectivity index (χ1) is 12.3. The number of fused-ring (bicyclic) bond motifs is 1. The van der Waals surface area contributed by atoms with E-state index in [-0.39, 0.29) is 23.4 Å². The van der Waals surface area contributed by atoms with Crippen LogP contribution in [0.25, 0.3) is 10.9 Å². The van der Waals surface area contributed by atoms with E-state index in [2.05, 4.69) is 19.9 Å². The Balaban J connectivity index is 1.79. The largest absolute Gasteiger partial charge is 0.497 e. The van der Waals surface area contributed by atoms with Crippen LogP contribution >= 0.6 is 0 Å².